The number of hydrogen-bond acceptors (Lipinski definition) is 2. The minimum absolute atomic E-state index is 0.204. The van der Waals surface area contributed by atoms with Crippen molar-refractivity contribution in [1.29, 1.82) is 0 Å². The first-order valence-electron chi connectivity index (χ1n) is 7.23. The lowest BCUT2D eigenvalue weighted by molar-refractivity contribution is 0.0944. The van der Waals surface area contributed by atoms with Crippen molar-refractivity contribution in [2.24, 2.45) is 0 Å². The molecule has 0 bridgehead atoms. The van der Waals surface area contributed by atoms with Crippen LogP contribution in [-0.4, -0.2) is 11.0 Å². The van der Waals surface area contributed by atoms with Gasteiger partial charge in [-0.2, -0.15) is 0 Å². The molecular weight excluding hydrogens is 325 g/mol. The number of rotatable bonds is 2. The van der Waals surface area contributed by atoms with Gasteiger partial charge in [-0.25, -0.2) is 4.39 Å². The maximum atomic E-state index is 12.8. The minimum Gasteiger partial charge on any atom is -0.331 e. The van der Waals surface area contributed by atoms with Crippen LogP contribution in [0.5, 0.6) is 0 Å². The standard InChI is InChI=1S/C18H14FN3OS/c19-15-7-9-16(10-8-15)20-18(24)22-21-17(23)14-6-5-12-3-1-2-4-13(12)11-14/h1-11H,(H,21,23)(H2,20,22,24). The highest BCUT2D eigenvalue weighted by Crippen LogP contribution is 2.15. The topological polar surface area (TPSA) is 53.2 Å². The second-order valence-corrected chi connectivity index (χ2v) is 5.51. The molecular formula is C18H14FN3OS. The van der Waals surface area contributed by atoms with Gasteiger partial charge >= 0.3 is 0 Å². The number of anilines is 1. The third kappa shape index (κ3) is 3.85. The van der Waals surface area contributed by atoms with Crippen molar-refractivity contribution in [2.45, 2.75) is 0 Å². The SMILES string of the molecule is O=C(NNC(=S)Nc1ccc(F)cc1)c1ccc2ccccc2c1. The molecule has 0 spiro atoms. The summed E-state index contributed by atoms with van der Waals surface area (Å²) in [5.41, 5.74) is 6.29. The van der Waals surface area contributed by atoms with E-state index in [4.69, 9.17) is 12.2 Å². The fraction of sp³-hybridized carbons (Fsp3) is 0. The van der Waals surface area contributed by atoms with Gasteiger partial charge in [-0.05, 0) is 59.4 Å². The third-order valence-electron chi connectivity index (χ3n) is 3.40. The Morgan fingerprint density at radius 3 is 2.33 bits per heavy atom. The van der Waals surface area contributed by atoms with Crippen molar-refractivity contribution in [3.8, 4) is 0 Å². The van der Waals surface area contributed by atoms with E-state index in [-0.39, 0.29) is 16.8 Å². The van der Waals surface area contributed by atoms with Crippen LogP contribution >= 0.6 is 12.2 Å². The molecule has 3 aromatic rings. The second-order valence-electron chi connectivity index (χ2n) is 5.10. The average Bonchev–Trinajstić information content (AvgIpc) is 2.61. The first-order chi connectivity index (χ1) is 11.6. The molecule has 0 heterocycles. The summed E-state index contributed by atoms with van der Waals surface area (Å²) in [5, 5.41) is 5.10. The number of fused-ring (bicyclic) bond motifs is 1. The van der Waals surface area contributed by atoms with Crippen molar-refractivity contribution >= 4 is 39.7 Å². The van der Waals surface area contributed by atoms with Gasteiger partial charge in [0.05, 0.1) is 0 Å². The van der Waals surface area contributed by atoms with Crippen molar-refractivity contribution < 1.29 is 9.18 Å². The quantitative estimate of drug-likeness (QED) is 0.493. The van der Waals surface area contributed by atoms with Crippen molar-refractivity contribution in [3.63, 3.8) is 0 Å². The van der Waals surface area contributed by atoms with Crippen LogP contribution in [0.25, 0.3) is 10.8 Å². The zero-order valence-corrected chi connectivity index (χ0v) is 13.4. The smallest absolute Gasteiger partial charge is 0.269 e. The summed E-state index contributed by atoms with van der Waals surface area (Å²) >= 11 is 5.08. The normalized spacial score (nSPS) is 10.2. The molecule has 0 saturated carbocycles. The second kappa shape index (κ2) is 7.06. The van der Waals surface area contributed by atoms with Gasteiger partial charge in [-0.1, -0.05) is 30.3 Å². The molecule has 0 unspecified atom stereocenters. The predicted molar refractivity (Wildman–Crippen MR) is 97.2 cm³/mol. The number of nitrogens with one attached hydrogen (secondary N) is 3. The van der Waals surface area contributed by atoms with E-state index in [0.717, 1.165) is 10.8 Å². The van der Waals surface area contributed by atoms with E-state index in [0.29, 0.717) is 11.3 Å². The first-order valence-corrected chi connectivity index (χ1v) is 7.64. The molecule has 0 fully saturated rings. The van der Waals surface area contributed by atoms with E-state index in [1.165, 1.54) is 12.1 Å². The molecule has 4 nitrogen and oxygen atoms in total. The number of thiocarbonyl (C=S) groups is 1. The number of carbonyl (C=O) groups is 1. The van der Waals surface area contributed by atoms with Gasteiger partial charge < -0.3 is 5.32 Å². The summed E-state index contributed by atoms with van der Waals surface area (Å²) < 4.78 is 12.8. The molecule has 6 heteroatoms. The number of hydrogen-bond donors (Lipinski definition) is 3. The van der Waals surface area contributed by atoms with Gasteiger partial charge in [0.2, 0.25) is 0 Å². The number of carbonyl (C=O) groups excluding carboxylic acids is 1. The molecule has 0 aliphatic rings. The molecule has 1 amide bonds. The highest BCUT2D eigenvalue weighted by Gasteiger charge is 2.06. The van der Waals surface area contributed by atoms with Crippen molar-refractivity contribution in [1.82, 2.24) is 10.9 Å². The molecule has 0 aliphatic heterocycles. The summed E-state index contributed by atoms with van der Waals surface area (Å²) in [7, 11) is 0. The van der Waals surface area contributed by atoms with Crippen LogP contribution in [0.4, 0.5) is 10.1 Å². The van der Waals surface area contributed by atoms with E-state index in [2.05, 4.69) is 16.2 Å². The van der Waals surface area contributed by atoms with E-state index in [9.17, 15) is 9.18 Å². The highest BCUT2D eigenvalue weighted by atomic mass is 32.1. The Bertz CT molecular complexity index is 896. The van der Waals surface area contributed by atoms with E-state index in [1.807, 2.05) is 36.4 Å². The maximum absolute atomic E-state index is 12.8. The van der Waals surface area contributed by atoms with Gasteiger partial charge in [0.25, 0.3) is 5.91 Å². The number of halogens is 1. The molecule has 24 heavy (non-hydrogen) atoms. The zero-order chi connectivity index (χ0) is 16.9. The summed E-state index contributed by atoms with van der Waals surface area (Å²) in [6, 6.07) is 19.0. The largest absolute Gasteiger partial charge is 0.331 e. The Labute approximate surface area is 143 Å². The van der Waals surface area contributed by atoms with Crippen LogP contribution in [0.3, 0.4) is 0 Å². The molecule has 0 saturated heterocycles. The fourth-order valence-electron chi connectivity index (χ4n) is 2.21. The van der Waals surface area contributed by atoms with Crippen molar-refractivity contribution in [2.75, 3.05) is 5.32 Å². The van der Waals surface area contributed by atoms with Gasteiger partial charge in [-0.15, -0.1) is 0 Å². The van der Waals surface area contributed by atoms with Crippen LogP contribution in [0, 0.1) is 5.82 Å². The van der Waals surface area contributed by atoms with Crippen LogP contribution in [-0.2, 0) is 0 Å². The Balaban J connectivity index is 1.59. The van der Waals surface area contributed by atoms with Crippen molar-refractivity contribution in [3.05, 3.63) is 78.1 Å². The summed E-state index contributed by atoms with van der Waals surface area (Å²) in [4.78, 5) is 12.2. The predicted octanol–water partition coefficient (Wildman–Crippen LogP) is 3.61. The molecule has 0 aliphatic carbocycles. The zero-order valence-electron chi connectivity index (χ0n) is 12.5. The van der Waals surface area contributed by atoms with E-state index >= 15 is 0 Å². The van der Waals surface area contributed by atoms with Crippen LogP contribution < -0.4 is 16.2 Å². The monoisotopic (exact) mass is 339 g/mol. The van der Waals surface area contributed by atoms with Gasteiger partial charge in [0.15, 0.2) is 5.11 Å². The molecule has 0 radical (unpaired) electrons. The fourth-order valence-corrected chi connectivity index (χ4v) is 2.38. The van der Waals surface area contributed by atoms with Gasteiger partial charge in [-0.3, -0.25) is 15.6 Å². The molecule has 0 atom stereocenters. The number of amides is 1. The molecule has 3 N–H and O–H groups in total. The van der Waals surface area contributed by atoms with E-state index in [1.54, 1.807) is 18.2 Å². The summed E-state index contributed by atoms with van der Waals surface area (Å²) in [6.45, 7) is 0. The Morgan fingerprint density at radius 1 is 0.875 bits per heavy atom. The molecule has 120 valence electrons. The van der Waals surface area contributed by atoms with E-state index < -0.39 is 0 Å². The van der Waals surface area contributed by atoms with Gasteiger partial charge in [0.1, 0.15) is 5.82 Å². The maximum Gasteiger partial charge on any atom is 0.269 e. The van der Waals surface area contributed by atoms with Crippen LogP contribution in [0.2, 0.25) is 0 Å². The molecule has 3 rings (SSSR count). The highest BCUT2D eigenvalue weighted by molar-refractivity contribution is 7.80. The third-order valence-corrected chi connectivity index (χ3v) is 3.61. The molecule has 3 aromatic carbocycles. The Kier molecular flexibility index (Phi) is 4.67. The summed E-state index contributed by atoms with van der Waals surface area (Å²) in [5.74, 6) is -0.631. The number of hydrazine groups is 1. The lowest BCUT2D eigenvalue weighted by Gasteiger charge is -2.12. The lowest BCUT2D eigenvalue weighted by Crippen LogP contribution is -2.43. The average molecular weight is 339 g/mol. The minimum atomic E-state index is -0.330. The Morgan fingerprint density at radius 2 is 1.58 bits per heavy atom. The van der Waals surface area contributed by atoms with Crippen LogP contribution in [0.1, 0.15) is 10.4 Å². The summed E-state index contributed by atoms with van der Waals surface area (Å²) in [6.07, 6.45) is 0. The molecule has 0 aromatic heterocycles. The lowest BCUT2D eigenvalue weighted by atomic mass is 10.1. The van der Waals surface area contributed by atoms with Gasteiger partial charge in [0, 0.05) is 11.3 Å². The van der Waals surface area contributed by atoms with Crippen LogP contribution in [0.15, 0.2) is 66.7 Å². The Hall–Kier alpha value is -2.99. The first kappa shape index (κ1) is 15.9. The number of benzene rings is 3.